The van der Waals surface area contributed by atoms with Crippen LogP contribution in [0.2, 0.25) is 0 Å². The molecule has 0 spiro atoms. The molecular weight excluding hydrogens is 482 g/mol. The Morgan fingerprint density at radius 3 is 0.861 bits per heavy atom. The average molecular weight is 515 g/mol. The van der Waals surface area contributed by atoms with E-state index in [0.717, 1.165) is 47.4 Å². The lowest BCUT2D eigenvalue weighted by Gasteiger charge is -2.38. The third-order valence-electron chi connectivity index (χ3n) is 6.96. The van der Waals surface area contributed by atoms with Crippen LogP contribution in [0.3, 0.4) is 0 Å². The van der Waals surface area contributed by atoms with Gasteiger partial charge in [0.15, 0.2) is 14.3 Å². The summed E-state index contributed by atoms with van der Waals surface area (Å²) in [6.45, 7) is 3.20. The molecule has 4 aromatic rings. The fourth-order valence-corrected chi connectivity index (χ4v) is 10.5. The molecule has 36 heavy (non-hydrogen) atoms. The molecule has 6 heteroatoms. The van der Waals surface area contributed by atoms with Crippen LogP contribution in [-0.4, -0.2) is 48.6 Å². The molecule has 0 radical (unpaired) electrons. The summed E-state index contributed by atoms with van der Waals surface area (Å²) in [6.07, 6.45) is 1.04. The van der Waals surface area contributed by atoms with Crippen LogP contribution in [0.15, 0.2) is 121 Å². The fourth-order valence-electron chi connectivity index (χ4n) is 4.94. The summed E-state index contributed by atoms with van der Waals surface area (Å²) in [5.41, 5.74) is 0. The molecule has 1 fully saturated rings. The predicted octanol–water partition coefficient (Wildman–Crippen LogP) is 4.55. The van der Waals surface area contributed by atoms with Crippen LogP contribution in [0.25, 0.3) is 0 Å². The van der Waals surface area contributed by atoms with E-state index in [9.17, 15) is 9.13 Å². The van der Waals surface area contributed by atoms with Crippen molar-refractivity contribution in [1.82, 2.24) is 9.80 Å². The molecule has 4 nitrogen and oxygen atoms in total. The molecule has 1 saturated heterocycles. The van der Waals surface area contributed by atoms with Crippen LogP contribution >= 0.6 is 14.3 Å². The largest absolute Gasteiger partial charge is 0.312 e. The minimum atomic E-state index is -2.80. The van der Waals surface area contributed by atoms with Gasteiger partial charge in [0.05, 0.1) is 12.6 Å². The fraction of sp³-hybridized carbons (Fsp3) is 0.200. The van der Waals surface area contributed by atoms with Gasteiger partial charge in [-0.3, -0.25) is 9.80 Å². The number of nitrogens with zero attached hydrogens (tertiary/aromatic N) is 2. The second-order valence-electron chi connectivity index (χ2n) is 9.34. The molecular formula is C30H32N2O2P2. The summed E-state index contributed by atoms with van der Waals surface area (Å²) >= 11 is 0. The van der Waals surface area contributed by atoms with Crippen molar-refractivity contribution in [2.24, 2.45) is 0 Å². The maximum Gasteiger partial charge on any atom is 0.156 e. The molecule has 1 aliphatic heterocycles. The SMILES string of the molecule is O=P(CN1CCN(CP(=O)(c2ccccc2)c2ccccc2)CC1)(c1ccccc1)c1ccccc1. The van der Waals surface area contributed by atoms with Crippen molar-refractivity contribution in [1.29, 1.82) is 0 Å². The Hall–Kier alpha value is -2.74. The van der Waals surface area contributed by atoms with Gasteiger partial charge in [-0.2, -0.15) is 0 Å². The van der Waals surface area contributed by atoms with E-state index in [0.29, 0.717) is 12.6 Å². The predicted molar refractivity (Wildman–Crippen MR) is 152 cm³/mol. The molecule has 0 aromatic heterocycles. The standard InChI is InChI=1S/C30H32N2O2P2/c33-35(27-13-5-1-6-14-27,28-15-7-2-8-16-28)25-31-21-23-32(24-22-31)26-36(34,29-17-9-3-10-18-29)30-19-11-4-12-20-30/h1-20H,21-26H2. The summed E-state index contributed by atoms with van der Waals surface area (Å²) in [5, 5.41) is 3.60. The summed E-state index contributed by atoms with van der Waals surface area (Å²) in [5.74, 6) is 0. The Morgan fingerprint density at radius 1 is 0.417 bits per heavy atom. The Kier molecular flexibility index (Phi) is 7.70. The quantitative estimate of drug-likeness (QED) is 0.324. The van der Waals surface area contributed by atoms with E-state index in [1.54, 1.807) is 0 Å². The number of benzene rings is 4. The second kappa shape index (κ2) is 11.1. The van der Waals surface area contributed by atoms with E-state index in [-0.39, 0.29) is 0 Å². The highest BCUT2D eigenvalue weighted by molar-refractivity contribution is 7.79. The van der Waals surface area contributed by atoms with E-state index in [4.69, 9.17) is 0 Å². The van der Waals surface area contributed by atoms with Gasteiger partial charge >= 0.3 is 0 Å². The van der Waals surface area contributed by atoms with Crippen molar-refractivity contribution in [3.05, 3.63) is 121 Å². The Bertz CT molecular complexity index is 1150. The van der Waals surface area contributed by atoms with E-state index in [1.165, 1.54) is 0 Å². The van der Waals surface area contributed by atoms with Crippen LogP contribution in [0.1, 0.15) is 0 Å². The first kappa shape index (κ1) is 24.9. The second-order valence-corrected chi connectivity index (χ2v) is 14.9. The van der Waals surface area contributed by atoms with Crippen molar-refractivity contribution >= 4 is 35.5 Å². The van der Waals surface area contributed by atoms with Crippen molar-refractivity contribution in [3.63, 3.8) is 0 Å². The first-order valence-electron chi connectivity index (χ1n) is 12.4. The van der Waals surface area contributed by atoms with Crippen molar-refractivity contribution in [3.8, 4) is 0 Å². The van der Waals surface area contributed by atoms with Crippen molar-refractivity contribution in [2.75, 3.05) is 38.8 Å². The summed E-state index contributed by atoms with van der Waals surface area (Å²) in [4.78, 5) is 4.63. The molecule has 0 N–H and O–H groups in total. The van der Waals surface area contributed by atoms with Gasteiger partial charge in [0.25, 0.3) is 0 Å². The smallest absolute Gasteiger partial charge is 0.156 e. The van der Waals surface area contributed by atoms with Gasteiger partial charge in [-0.05, 0) is 0 Å². The average Bonchev–Trinajstić information content (AvgIpc) is 2.96. The third kappa shape index (κ3) is 5.33. The Labute approximate surface area is 214 Å². The molecule has 0 amide bonds. The van der Waals surface area contributed by atoms with Crippen molar-refractivity contribution in [2.45, 2.75) is 0 Å². The highest BCUT2D eigenvalue weighted by atomic mass is 31.2. The van der Waals surface area contributed by atoms with Gasteiger partial charge < -0.3 is 9.13 Å². The molecule has 0 atom stereocenters. The highest BCUT2D eigenvalue weighted by Gasteiger charge is 2.34. The van der Waals surface area contributed by atoms with Gasteiger partial charge in [0.2, 0.25) is 0 Å². The molecule has 5 rings (SSSR count). The summed E-state index contributed by atoms with van der Waals surface area (Å²) < 4.78 is 28.9. The third-order valence-corrected chi connectivity index (χ3v) is 13.1. The molecule has 1 heterocycles. The lowest BCUT2D eigenvalue weighted by Crippen LogP contribution is -2.48. The van der Waals surface area contributed by atoms with Crippen LogP contribution in [0.4, 0.5) is 0 Å². The zero-order chi connectivity index (χ0) is 24.8. The topological polar surface area (TPSA) is 40.6 Å². The van der Waals surface area contributed by atoms with Crippen LogP contribution in [0.5, 0.6) is 0 Å². The van der Waals surface area contributed by atoms with Crippen LogP contribution in [-0.2, 0) is 9.13 Å². The minimum Gasteiger partial charge on any atom is -0.312 e. The van der Waals surface area contributed by atoms with Crippen LogP contribution in [0, 0.1) is 0 Å². The van der Waals surface area contributed by atoms with E-state index in [2.05, 4.69) is 9.80 Å². The number of hydrogen-bond donors (Lipinski definition) is 0. The molecule has 0 bridgehead atoms. The molecule has 1 aliphatic rings. The molecule has 4 aromatic carbocycles. The zero-order valence-electron chi connectivity index (χ0n) is 20.4. The number of hydrogen-bond acceptors (Lipinski definition) is 4. The minimum absolute atomic E-state index is 0.518. The van der Waals surface area contributed by atoms with Crippen LogP contribution < -0.4 is 21.2 Å². The van der Waals surface area contributed by atoms with Gasteiger partial charge in [-0.15, -0.1) is 0 Å². The maximum absolute atomic E-state index is 14.5. The lowest BCUT2D eigenvalue weighted by molar-refractivity contribution is 0.165. The number of piperazine rings is 1. The Morgan fingerprint density at radius 2 is 0.639 bits per heavy atom. The molecule has 0 aliphatic carbocycles. The highest BCUT2D eigenvalue weighted by Crippen LogP contribution is 2.46. The summed E-state index contributed by atoms with van der Waals surface area (Å²) in [6, 6.07) is 39.5. The lowest BCUT2D eigenvalue weighted by atomic mass is 10.3. The van der Waals surface area contributed by atoms with E-state index < -0.39 is 14.3 Å². The molecule has 184 valence electrons. The normalized spacial score (nSPS) is 15.6. The van der Waals surface area contributed by atoms with Gasteiger partial charge in [-0.25, -0.2) is 0 Å². The van der Waals surface area contributed by atoms with E-state index >= 15 is 0 Å². The molecule has 0 unspecified atom stereocenters. The van der Waals surface area contributed by atoms with Gasteiger partial charge in [0.1, 0.15) is 0 Å². The maximum atomic E-state index is 14.5. The van der Waals surface area contributed by atoms with Gasteiger partial charge in [-0.1, -0.05) is 121 Å². The van der Waals surface area contributed by atoms with Crippen molar-refractivity contribution < 1.29 is 9.13 Å². The number of rotatable bonds is 8. The van der Waals surface area contributed by atoms with E-state index in [1.807, 2.05) is 121 Å². The Balaban J connectivity index is 1.33. The first-order valence-corrected chi connectivity index (χ1v) is 16.2. The first-order chi connectivity index (χ1) is 17.6. The molecule has 0 saturated carbocycles. The zero-order valence-corrected chi connectivity index (χ0v) is 22.2. The summed E-state index contributed by atoms with van der Waals surface area (Å²) in [7, 11) is -5.59. The van der Waals surface area contributed by atoms with Gasteiger partial charge in [0, 0.05) is 47.4 Å². The monoisotopic (exact) mass is 514 g/mol.